The fraction of sp³-hybridized carbons (Fsp3) is 0.462. The second-order valence-electron chi connectivity index (χ2n) is 5.09. The summed E-state index contributed by atoms with van der Waals surface area (Å²) in [5.41, 5.74) is 2.05. The van der Waals surface area contributed by atoms with Gasteiger partial charge in [0.15, 0.2) is 0 Å². The first kappa shape index (κ1) is 13.1. The van der Waals surface area contributed by atoms with Gasteiger partial charge >= 0.3 is 0 Å². The van der Waals surface area contributed by atoms with Crippen molar-refractivity contribution in [2.45, 2.75) is 18.8 Å². The maximum atomic E-state index is 11.5. The van der Waals surface area contributed by atoms with Crippen LogP contribution in [0, 0.1) is 0 Å². The molecular formula is C13H15BrN2O2S. The molecule has 2 aromatic rings. The number of benzene rings is 1. The van der Waals surface area contributed by atoms with Crippen LogP contribution >= 0.6 is 15.9 Å². The van der Waals surface area contributed by atoms with Gasteiger partial charge < -0.3 is 4.57 Å². The Labute approximate surface area is 120 Å². The standard InChI is InChI=1S/C13H15BrN2O2S/c1-16-12-3-2-10(14)8-11(12)15-13(16)9-4-6-19(17,18)7-5-9/h2-3,8-9H,4-7H2,1H3. The number of aryl methyl sites for hydroxylation is 1. The Kier molecular flexibility index (Phi) is 3.17. The number of rotatable bonds is 1. The van der Waals surface area contributed by atoms with E-state index in [4.69, 9.17) is 0 Å². The molecule has 1 fully saturated rings. The van der Waals surface area contributed by atoms with E-state index in [0.717, 1.165) is 21.3 Å². The number of aromatic nitrogens is 2. The number of fused-ring (bicyclic) bond motifs is 1. The predicted octanol–water partition coefficient (Wildman–Crippen LogP) is 2.63. The summed E-state index contributed by atoms with van der Waals surface area (Å²) in [5.74, 6) is 1.82. The highest BCUT2D eigenvalue weighted by atomic mass is 79.9. The third-order valence-electron chi connectivity index (χ3n) is 3.80. The minimum absolute atomic E-state index is 0.250. The molecule has 0 radical (unpaired) electrons. The molecule has 0 spiro atoms. The molecule has 6 heteroatoms. The van der Waals surface area contributed by atoms with Gasteiger partial charge in [-0.3, -0.25) is 0 Å². The van der Waals surface area contributed by atoms with Crippen molar-refractivity contribution in [1.82, 2.24) is 9.55 Å². The molecule has 1 aromatic heterocycles. The Hall–Kier alpha value is -0.880. The first-order valence-corrected chi connectivity index (χ1v) is 8.90. The molecule has 2 heterocycles. The maximum absolute atomic E-state index is 11.5. The van der Waals surface area contributed by atoms with Gasteiger partial charge in [-0.25, -0.2) is 13.4 Å². The summed E-state index contributed by atoms with van der Waals surface area (Å²) in [6.45, 7) is 0. The van der Waals surface area contributed by atoms with Crippen molar-refractivity contribution in [3.63, 3.8) is 0 Å². The van der Waals surface area contributed by atoms with Crippen LogP contribution < -0.4 is 0 Å². The first-order chi connectivity index (χ1) is 8.96. The van der Waals surface area contributed by atoms with Crippen molar-refractivity contribution >= 4 is 36.8 Å². The molecule has 102 valence electrons. The van der Waals surface area contributed by atoms with Crippen LogP contribution in [0.4, 0.5) is 0 Å². The Balaban J connectivity index is 1.99. The molecule has 0 atom stereocenters. The van der Waals surface area contributed by atoms with E-state index in [1.165, 1.54) is 0 Å². The zero-order valence-corrected chi connectivity index (χ0v) is 13.0. The van der Waals surface area contributed by atoms with E-state index in [1.54, 1.807) is 0 Å². The largest absolute Gasteiger partial charge is 0.331 e. The average Bonchev–Trinajstić information content (AvgIpc) is 2.66. The lowest BCUT2D eigenvalue weighted by molar-refractivity contribution is 0.529. The van der Waals surface area contributed by atoms with E-state index in [-0.39, 0.29) is 17.4 Å². The van der Waals surface area contributed by atoms with Gasteiger partial charge in [0.2, 0.25) is 0 Å². The zero-order valence-electron chi connectivity index (χ0n) is 10.6. The number of hydrogen-bond acceptors (Lipinski definition) is 3. The minimum Gasteiger partial charge on any atom is -0.331 e. The number of sulfone groups is 1. The van der Waals surface area contributed by atoms with E-state index >= 15 is 0 Å². The van der Waals surface area contributed by atoms with Gasteiger partial charge in [0, 0.05) is 17.4 Å². The van der Waals surface area contributed by atoms with Gasteiger partial charge in [0.05, 0.1) is 22.5 Å². The molecular weight excluding hydrogens is 328 g/mol. The smallest absolute Gasteiger partial charge is 0.150 e. The molecule has 1 aromatic carbocycles. The monoisotopic (exact) mass is 342 g/mol. The molecule has 1 aliphatic heterocycles. The Morgan fingerprint density at radius 3 is 2.68 bits per heavy atom. The van der Waals surface area contributed by atoms with Gasteiger partial charge in [-0.2, -0.15) is 0 Å². The maximum Gasteiger partial charge on any atom is 0.150 e. The SMILES string of the molecule is Cn1c(C2CCS(=O)(=O)CC2)nc2cc(Br)ccc21. The second kappa shape index (κ2) is 4.59. The summed E-state index contributed by atoms with van der Waals surface area (Å²) in [5, 5.41) is 0. The van der Waals surface area contributed by atoms with Crippen molar-refractivity contribution < 1.29 is 8.42 Å². The molecule has 4 nitrogen and oxygen atoms in total. The third kappa shape index (κ3) is 2.43. The lowest BCUT2D eigenvalue weighted by Gasteiger charge is -2.21. The van der Waals surface area contributed by atoms with Crippen LogP contribution in [0.3, 0.4) is 0 Å². The number of halogens is 1. The number of hydrogen-bond donors (Lipinski definition) is 0. The molecule has 0 saturated carbocycles. The molecule has 3 rings (SSSR count). The highest BCUT2D eigenvalue weighted by Gasteiger charge is 2.27. The second-order valence-corrected chi connectivity index (χ2v) is 8.31. The quantitative estimate of drug-likeness (QED) is 0.800. The summed E-state index contributed by atoms with van der Waals surface area (Å²) in [6, 6.07) is 6.03. The topological polar surface area (TPSA) is 52.0 Å². The molecule has 19 heavy (non-hydrogen) atoms. The van der Waals surface area contributed by atoms with Crippen LogP contribution in [0.5, 0.6) is 0 Å². The number of nitrogens with zero attached hydrogens (tertiary/aromatic N) is 2. The molecule has 0 amide bonds. The average molecular weight is 343 g/mol. The summed E-state index contributed by atoms with van der Waals surface area (Å²) in [7, 11) is -0.816. The van der Waals surface area contributed by atoms with Gasteiger partial charge in [0.25, 0.3) is 0 Å². The molecule has 1 saturated heterocycles. The van der Waals surface area contributed by atoms with Crippen molar-refractivity contribution in [3.8, 4) is 0 Å². The summed E-state index contributed by atoms with van der Waals surface area (Å²) in [4.78, 5) is 4.68. The molecule has 0 aliphatic carbocycles. The van der Waals surface area contributed by atoms with Crippen LogP contribution in [-0.4, -0.2) is 29.5 Å². The highest BCUT2D eigenvalue weighted by Crippen LogP contribution is 2.31. The first-order valence-electron chi connectivity index (χ1n) is 6.28. The molecule has 1 aliphatic rings. The van der Waals surface area contributed by atoms with E-state index in [2.05, 4.69) is 25.5 Å². The van der Waals surface area contributed by atoms with Gasteiger partial charge in [-0.1, -0.05) is 15.9 Å². The van der Waals surface area contributed by atoms with Crippen molar-refractivity contribution in [2.24, 2.45) is 7.05 Å². The van der Waals surface area contributed by atoms with Crippen molar-refractivity contribution in [3.05, 3.63) is 28.5 Å². The predicted molar refractivity (Wildman–Crippen MR) is 79.0 cm³/mol. The Morgan fingerprint density at radius 1 is 1.32 bits per heavy atom. The Morgan fingerprint density at radius 2 is 2.00 bits per heavy atom. The van der Waals surface area contributed by atoms with Crippen LogP contribution in [0.15, 0.2) is 22.7 Å². The van der Waals surface area contributed by atoms with Crippen molar-refractivity contribution in [2.75, 3.05) is 11.5 Å². The van der Waals surface area contributed by atoms with Gasteiger partial charge in [0.1, 0.15) is 15.7 Å². The van der Waals surface area contributed by atoms with Crippen LogP contribution in [-0.2, 0) is 16.9 Å². The fourth-order valence-corrected chi connectivity index (χ4v) is 4.55. The van der Waals surface area contributed by atoms with E-state index in [9.17, 15) is 8.42 Å². The summed E-state index contributed by atoms with van der Waals surface area (Å²) in [6.07, 6.45) is 1.36. The minimum atomic E-state index is -2.82. The zero-order chi connectivity index (χ0) is 13.6. The fourth-order valence-electron chi connectivity index (χ4n) is 2.70. The Bertz CT molecular complexity index is 722. The third-order valence-corrected chi connectivity index (χ3v) is 6.01. The highest BCUT2D eigenvalue weighted by molar-refractivity contribution is 9.10. The molecule has 0 bridgehead atoms. The van der Waals surface area contributed by atoms with Gasteiger partial charge in [-0.05, 0) is 31.0 Å². The summed E-state index contributed by atoms with van der Waals surface area (Å²) >= 11 is 3.45. The molecule has 0 unspecified atom stereocenters. The lowest BCUT2D eigenvalue weighted by Crippen LogP contribution is -2.23. The normalized spacial score (nSPS) is 19.9. The van der Waals surface area contributed by atoms with Crippen LogP contribution in [0.2, 0.25) is 0 Å². The molecule has 0 N–H and O–H groups in total. The van der Waals surface area contributed by atoms with E-state index in [1.807, 2.05) is 25.2 Å². The summed E-state index contributed by atoms with van der Waals surface area (Å²) < 4.78 is 26.1. The van der Waals surface area contributed by atoms with Crippen LogP contribution in [0.1, 0.15) is 24.6 Å². The van der Waals surface area contributed by atoms with Gasteiger partial charge in [-0.15, -0.1) is 0 Å². The number of imidazole rings is 1. The van der Waals surface area contributed by atoms with Crippen LogP contribution in [0.25, 0.3) is 11.0 Å². The lowest BCUT2D eigenvalue weighted by atomic mass is 10.0. The van der Waals surface area contributed by atoms with E-state index < -0.39 is 9.84 Å². The van der Waals surface area contributed by atoms with Crippen molar-refractivity contribution in [1.29, 1.82) is 0 Å². The van der Waals surface area contributed by atoms with E-state index in [0.29, 0.717) is 12.8 Å².